The summed E-state index contributed by atoms with van der Waals surface area (Å²) in [6.07, 6.45) is -5.41. The average molecular weight is 174 g/mol. The van der Waals surface area contributed by atoms with Crippen LogP contribution in [0.15, 0.2) is 0 Å². The molecule has 0 spiro atoms. The molecule has 11 heavy (non-hydrogen) atoms. The molecule has 0 rings (SSSR count). The molecule has 0 amide bonds. The predicted molar refractivity (Wildman–Crippen MR) is 27.6 cm³/mol. The Hall–Kier alpha value is -0.810. The topological polar surface area (TPSA) is 26.3 Å². The number of carbonyl (C=O) groups excluding carboxylic acids is 1. The molecule has 0 aromatic carbocycles. The molecule has 0 heterocycles. The van der Waals surface area contributed by atoms with E-state index in [0.717, 1.165) is 7.11 Å². The molecule has 66 valence electrons. The van der Waals surface area contributed by atoms with Crippen molar-refractivity contribution in [3.63, 3.8) is 0 Å². The number of rotatable bonds is 3. The van der Waals surface area contributed by atoms with Gasteiger partial charge in [0.05, 0.1) is 7.11 Å². The van der Waals surface area contributed by atoms with E-state index in [1.165, 1.54) is 0 Å². The van der Waals surface area contributed by atoms with Crippen molar-refractivity contribution in [2.24, 2.45) is 0 Å². The van der Waals surface area contributed by atoms with Gasteiger partial charge in [-0.25, -0.2) is 8.78 Å². The van der Waals surface area contributed by atoms with E-state index in [1.54, 1.807) is 0 Å². The summed E-state index contributed by atoms with van der Waals surface area (Å²) >= 11 is 0. The Labute approximate surface area is 60.1 Å². The van der Waals surface area contributed by atoms with Crippen LogP contribution in [0.1, 0.15) is 6.42 Å². The Morgan fingerprint density at radius 1 is 1.55 bits per heavy atom. The predicted octanol–water partition coefficient (Wildman–Crippen LogP) is 1.45. The van der Waals surface area contributed by atoms with Crippen LogP contribution in [0.3, 0.4) is 0 Å². The third kappa shape index (κ3) is 3.20. The molecule has 0 aromatic rings. The highest BCUT2D eigenvalue weighted by Gasteiger charge is 2.43. The van der Waals surface area contributed by atoms with Gasteiger partial charge in [0.2, 0.25) is 0 Å². The zero-order chi connectivity index (χ0) is 9.07. The number of ether oxygens (including phenoxy) is 1. The molecule has 0 bridgehead atoms. The van der Waals surface area contributed by atoms with E-state index in [4.69, 9.17) is 0 Å². The summed E-state index contributed by atoms with van der Waals surface area (Å²) in [5.41, 5.74) is 0. The maximum atomic E-state index is 11.9. The smallest absolute Gasteiger partial charge is 0.317 e. The third-order valence-corrected chi connectivity index (χ3v) is 0.927. The van der Waals surface area contributed by atoms with Crippen molar-refractivity contribution < 1.29 is 27.1 Å². The highest BCUT2D eigenvalue weighted by molar-refractivity contribution is 5.70. The summed E-state index contributed by atoms with van der Waals surface area (Å²) < 4.78 is 50.4. The first kappa shape index (κ1) is 10.2. The van der Waals surface area contributed by atoms with Crippen LogP contribution >= 0.6 is 0 Å². The quantitative estimate of drug-likeness (QED) is 0.478. The van der Waals surface area contributed by atoms with E-state index in [0.29, 0.717) is 0 Å². The lowest BCUT2D eigenvalue weighted by Gasteiger charge is -2.12. The average Bonchev–Trinajstić information content (AvgIpc) is 1.86. The molecule has 2 nitrogen and oxygen atoms in total. The summed E-state index contributed by atoms with van der Waals surface area (Å²) in [4.78, 5) is 10.1. The normalized spacial score (nSPS) is 11.8. The molecule has 0 aromatic heterocycles. The highest BCUT2D eigenvalue weighted by Crippen LogP contribution is 2.26. The minimum atomic E-state index is -4.28. The number of carbonyl (C=O) groups is 1. The highest BCUT2D eigenvalue weighted by atomic mass is 19.3. The first-order chi connectivity index (χ1) is 4.90. The second-order valence-corrected chi connectivity index (χ2v) is 1.81. The van der Waals surface area contributed by atoms with E-state index in [-0.39, 0.29) is 0 Å². The number of hydrogen-bond acceptors (Lipinski definition) is 2. The Balaban J connectivity index is 4.01. The van der Waals surface area contributed by atoms with Crippen molar-refractivity contribution in [1.29, 1.82) is 0 Å². The SMILES string of the molecule is COC(=O)CC(F)(F)C(F)F. The number of halogens is 4. The zero-order valence-corrected chi connectivity index (χ0v) is 5.61. The van der Waals surface area contributed by atoms with Crippen LogP contribution in [0.25, 0.3) is 0 Å². The number of alkyl halides is 4. The molecule has 0 radical (unpaired) electrons. The van der Waals surface area contributed by atoms with Crippen LogP contribution < -0.4 is 0 Å². The van der Waals surface area contributed by atoms with Gasteiger partial charge in [-0.1, -0.05) is 0 Å². The van der Waals surface area contributed by atoms with Gasteiger partial charge in [-0.2, -0.15) is 8.78 Å². The molecule has 0 saturated carbocycles. The fraction of sp³-hybridized carbons (Fsp3) is 0.800. The summed E-state index contributed by atoms with van der Waals surface area (Å²) in [6.45, 7) is 0. The molecule has 6 heteroatoms. The van der Waals surface area contributed by atoms with E-state index >= 15 is 0 Å². The van der Waals surface area contributed by atoms with Gasteiger partial charge in [-0.05, 0) is 0 Å². The van der Waals surface area contributed by atoms with E-state index < -0.39 is 24.7 Å². The molecule has 0 N–H and O–H groups in total. The molecule has 0 fully saturated rings. The molecule has 0 aliphatic rings. The molecule has 0 aliphatic carbocycles. The second-order valence-electron chi connectivity index (χ2n) is 1.81. The first-order valence-corrected chi connectivity index (χ1v) is 2.63. The van der Waals surface area contributed by atoms with E-state index in [2.05, 4.69) is 4.74 Å². The molecular formula is C5H6F4O2. The van der Waals surface area contributed by atoms with E-state index in [9.17, 15) is 22.4 Å². The summed E-state index contributed by atoms with van der Waals surface area (Å²) in [7, 11) is 0.851. The van der Waals surface area contributed by atoms with Crippen molar-refractivity contribution in [2.45, 2.75) is 18.8 Å². The van der Waals surface area contributed by atoms with Gasteiger partial charge in [0, 0.05) is 0 Å². The van der Waals surface area contributed by atoms with Crippen LogP contribution in [0.5, 0.6) is 0 Å². The van der Waals surface area contributed by atoms with Gasteiger partial charge in [-0.15, -0.1) is 0 Å². The largest absolute Gasteiger partial charge is 0.469 e. The van der Waals surface area contributed by atoms with Crippen molar-refractivity contribution in [3.05, 3.63) is 0 Å². The molecule has 0 unspecified atom stereocenters. The standard InChI is InChI=1S/C5H6F4O2/c1-11-3(10)2-5(8,9)4(6)7/h4H,2H2,1H3. The fourth-order valence-corrected chi connectivity index (χ4v) is 0.342. The minimum Gasteiger partial charge on any atom is -0.469 e. The molecule has 0 aliphatic heterocycles. The van der Waals surface area contributed by atoms with Crippen molar-refractivity contribution in [2.75, 3.05) is 7.11 Å². The zero-order valence-electron chi connectivity index (χ0n) is 5.61. The van der Waals surface area contributed by atoms with Gasteiger partial charge in [0.15, 0.2) is 0 Å². The molecular weight excluding hydrogens is 168 g/mol. The Morgan fingerprint density at radius 3 is 2.27 bits per heavy atom. The first-order valence-electron chi connectivity index (χ1n) is 2.63. The Bertz CT molecular complexity index is 145. The lowest BCUT2D eigenvalue weighted by atomic mass is 10.2. The van der Waals surface area contributed by atoms with Crippen LogP contribution in [-0.2, 0) is 9.53 Å². The lowest BCUT2D eigenvalue weighted by Crippen LogP contribution is -2.30. The summed E-state index contributed by atoms with van der Waals surface area (Å²) in [5.74, 6) is -5.64. The second kappa shape index (κ2) is 3.54. The minimum absolute atomic E-state index is 0.851. The van der Waals surface area contributed by atoms with Crippen LogP contribution in [0.4, 0.5) is 17.6 Å². The number of hydrogen-bond donors (Lipinski definition) is 0. The number of esters is 1. The lowest BCUT2D eigenvalue weighted by molar-refractivity contribution is -0.166. The summed E-state index contributed by atoms with van der Waals surface area (Å²) in [5, 5.41) is 0. The third-order valence-electron chi connectivity index (χ3n) is 0.927. The molecule has 0 saturated heterocycles. The van der Waals surface area contributed by atoms with Gasteiger partial charge < -0.3 is 4.74 Å². The van der Waals surface area contributed by atoms with Crippen molar-refractivity contribution in [3.8, 4) is 0 Å². The van der Waals surface area contributed by atoms with Gasteiger partial charge in [0.1, 0.15) is 6.42 Å². The van der Waals surface area contributed by atoms with Crippen molar-refractivity contribution >= 4 is 5.97 Å². The Morgan fingerprint density at radius 2 is 2.00 bits per heavy atom. The van der Waals surface area contributed by atoms with Crippen LogP contribution in [-0.4, -0.2) is 25.4 Å². The Kier molecular flexibility index (Phi) is 3.28. The van der Waals surface area contributed by atoms with E-state index in [1.807, 2.05) is 0 Å². The number of methoxy groups -OCH3 is 1. The fourth-order valence-electron chi connectivity index (χ4n) is 0.342. The maximum absolute atomic E-state index is 11.9. The molecule has 0 atom stereocenters. The van der Waals surface area contributed by atoms with Crippen LogP contribution in [0, 0.1) is 0 Å². The van der Waals surface area contributed by atoms with Crippen LogP contribution in [0.2, 0.25) is 0 Å². The van der Waals surface area contributed by atoms with Crippen molar-refractivity contribution in [1.82, 2.24) is 0 Å². The summed E-state index contributed by atoms with van der Waals surface area (Å²) in [6, 6.07) is 0. The van der Waals surface area contributed by atoms with Gasteiger partial charge in [0.25, 0.3) is 0 Å². The van der Waals surface area contributed by atoms with Gasteiger partial charge in [-0.3, -0.25) is 4.79 Å². The van der Waals surface area contributed by atoms with Gasteiger partial charge >= 0.3 is 18.3 Å². The monoisotopic (exact) mass is 174 g/mol. The maximum Gasteiger partial charge on any atom is 0.317 e.